The second-order valence-electron chi connectivity index (χ2n) is 3.76. The molecule has 0 radical (unpaired) electrons. The van der Waals surface area contributed by atoms with E-state index in [4.69, 9.17) is 0 Å². The molecule has 0 amide bonds. The Kier molecular flexibility index (Phi) is 4.31. The lowest BCUT2D eigenvalue weighted by Crippen LogP contribution is -2.42. The summed E-state index contributed by atoms with van der Waals surface area (Å²) in [6, 6.07) is 0. The van der Waals surface area contributed by atoms with Crippen LogP contribution in [0.4, 0.5) is 0 Å². The van der Waals surface area contributed by atoms with Crippen molar-refractivity contribution >= 4 is 10.0 Å². The average molecular weight is 222 g/mol. The van der Waals surface area contributed by atoms with Crippen molar-refractivity contribution in [2.75, 3.05) is 32.4 Å². The van der Waals surface area contributed by atoms with Gasteiger partial charge in [-0.05, 0) is 19.4 Å². The van der Waals surface area contributed by atoms with Crippen molar-refractivity contribution in [2.24, 2.45) is 0 Å². The Morgan fingerprint density at radius 1 is 1.57 bits per heavy atom. The standard InChI is InChI=1S/C8H18N2O3S/c1-14(12,13)9-4-6-10-5-2-3-8(11)7-10/h8-9,11H,2-7H2,1H3. The number of sulfonamides is 1. The molecule has 1 aliphatic rings. The lowest BCUT2D eigenvalue weighted by atomic mass is 10.1. The van der Waals surface area contributed by atoms with Crippen molar-refractivity contribution in [3.05, 3.63) is 0 Å². The summed E-state index contributed by atoms with van der Waals surface area (Å²) in [4.78, 5) is 2.08. The zero-order valence-electron chi connectivity index (χ0n) is 8.44. The third kappa shape index (κ3) is 4.90. The SMILES string of the molecule is CS(=O)(=O)NCCN1CCCC(O)C1. The van der Waals surface area contributed by atoms with Crippen LogP contribution in [0.2, 0.25) is 0 Å². The summed E-state index contributed by atoms with van der Waals surface area (Å²) in [6.07, 6.45) is 2.75. The fourth-order valence-electron chi connectivity index (χ4n) is 1.62. The number of aliphatic hydroxyl groups excluding tert-OH is 1. The Morgan fingerprint density at radius 3 is 2.86 bits per heavy atom. The van der Waals surface area contributed by atoms with Gasteiger partial charge in [-0.3, -0.25) is 4.90 Å². The van der Waals surface area contributed by atoms with Crippen LogP contribution in [0, 0.1) is 0 Å². The number of nitrogens with zero attached hydrogens (tertiary/aromatic N) is 1. The number of nitrogens with one attached hydrogen (secondary N) is 1. The highest BCUT2D eigenvalue weighted by Gasteiger charge is 2.16. The number of piperidine rings is 1. The molecule has 1 saturated heterocycles. The van der Waals surface area contributed by atoms with Crippen LogP contribution in [0.15, 0.2) is 0 Å². The molecule has 1 heterocycles. The Bertz CT molecular complexity index is 266. The van der Waals surface area contributed by atoms with Crippen LogP contribution in [0.5, 0.6) is 0 Å². The minimum Gasteiger partial charge on any atom is -0.392 e. The number of aliphatic hydroxyl groups is 1. The highest BCUT2D eigenvalue weighted by molar-refractivity contribution is 7.88. The first kappa shape index (κ1) is 11.9. The average Bonchev–Trinajstić information content (AvgIpc) is 2.01. The molecule has 1 aliphatic heterocycles. The van der Waals surface area contributed by atoms with Gasteiger partial charge in [-0.25, -0.2) is 13.1 Å². The zero-order valence-corrected chi connectivity index (χ0v) is 9.26. The molecular weight excluding hydrogens is 204 g/mol. The van der Waals surface area contributed by atoms with Crippen molar-refractivity contribution in [2.45, 2.75) is 18.9 Å². The van der Waals surface area contributed by atoms with E-state index in [0.717, 1.165) is 25.6 Å². The number of rotatable bonds is 4. The molecule has 2 N–H and O–H groups in total. The summed E-state index contributed by atoms with van der Waals surface area (Å²) >= 11 is 0. The zero-order chi connectivity index (χ0) is 10.6. The molecule has 0 bridgehead atoms. The minimum absolute atomic E-state index is 0.248. The molecule has 1 unspecified atom stereocenters. The van der Waals surface area contributed by atoms with Crippen LogP contribution in [0.25, 0.3) is 0 Å². The molecule has 1 atom stereocenters. The predicted molar refractivity (Wildman–Crippen MR) is 54.5 cm³/mol. The Morgan fingerprint density at radius 2 is 2.29 bits per heavy atom. The van der Waals surface area contributed by atoms with Gasteiger partial charge in [-0.1, -0.05) is 0 Å². The van der Waals surface area contributed by atoms with Gasteiger partial charge in [0.1, 0.15) is 0 Å². The third-order valence-electron chi connectivity index (χ3n) is 2.27. The predicted octanol–water partition coefficient (Wildman–Crippen LogP) is -1.01. The van der Waals surface area contributed by atoms with E-state index < -0.39 is 10.0 Å². The number of likely N-dealkylation sites (tertiary alicyclic amines) is 1. The van der Waals surface area contributed by atoms with Crippen LogP contribution in [-0.2, 0) is 10.0 Å². The van der Waals surface area contributed by atoms with Crippen molar-refractivity contribution in [3.63, 3.8) is 0 Å². The van der Waals surface area contributed by atoms with Crippen molar-refractivity contribution in [3.8, 4) is 0 Å². The number of β-amino-alcohol motifs (C(OH)–C–C–N with tert-alkyl or cyclic N) is 1. The van der Waals surface area contributed by atoms with E-state index in [1.54, 1.807) is 0 Å². The van der Waals surface area contributed by atoms with E-state index in [1.165, 1.54) is 0 Å². The molecule has 0 aromatic rings. The van der Waals surface area contributed by atoms with Gasteiger partial charge in [0.25, 0.3) is 0 Å². The summed E-state index contributed by atoms with van der Waals surface area (Å²) in [5.74, 6) is 0. The van der Waals surface area contributed by atoms with E-state index in [0.29, 0.717) is 19.6 Å². The monoisotopic (exact) mass is 222 g/mol. The second kappa shape index (κ2) is 5.06. The first-order chi connectivity index (χ1) is 6.47. The molecule has 0 aromatic carbocycles. The maximum absolute atomic E-state index is 10.8. The fourth-order valence-corrected chi connectivity index (χ4v) is 2.09. The van der Waals surface area contributed by atoms with E-state index in [2.05, 4.69) is 9.62 Å². The molecule has 0 aromatic heterocycles. The van der Waals surface area contributed by atoms with Crippen LogP contribution < -0.4 is 4.72 Å². The normalized spacial score (nSPS) is 25.1. The largest absolute Gasteiger partial charge is 0.392 e. The topological polar surface area (TPSA) is 69.6 Å². The van der Waals surface area contributed by atoms with Crippen LogP contribution >= 0.6 is 0 Å². The van der Waals surface area contributed by atoms with Gasteiger partial charge in [-0.15, -0.1) is 0 Å². The molecular formula is C8H18N2O3S. The van der Waals surface area contributed by atoms with Crippen molar-refractivity contribution in [1.29, 1.82) is 0 Å². The third-order valence-corrected chi connectivity index (χ3v) is 3.00. The molecule has 0 saturated carbocycles. The summed E-state index contributed by atoms with van der Waals surface area (Å²) in [5.41, 5.74) is 0. The van der Waals surface area contributed by atoms with Gasteiger partial charge < -0.3 is 5.11 Å². The van der Waals surface area contributed by atoms with Crippen LogP contribution in [0.3, 0.4) is 0 Å². The highest BCUT2D eigenvalue weighted by atomic mass is 32.2. The molecule has 84 valence electrons. The summed E-state index contributed by atoms with van der Waals surface area (Å²) in [7, 11) is -3.08. The summed E-state index contributed by atoms with van der Waals surface area (Å²) < 4.78 is 23.9. The second-order valence-corrected chi connectivity index (χ2v) is 5.60. The number of hydrogen-bond acceptors (Lipinski definition) is 4. The quantitative estimate of drug-likeness (QED) is 0.639. The summed E-state index contributed by atoms with van der Waals surface area (Å²) in [5, 5.41) is 9.36. The maximum Gasteiger partial charge on any atom is 0.208 e. The Balaban J connectivity index is 2.18. The van der Waals surface area contributed by atoms with Crippen molar-refractivity contribution in [1.82, 2.24) is 9.62 Å². The van der Waals surface area contributed by atoms with E-state index in [-0.39, 0.29) is 6.10 Å². The van der Waals surface area contributed by atoms with Gasteiger partial charge in [0.15, 0.2) is 0 Å². The smallest absolute Gasteiger partial charge is 0.208 e. The molecule has 1 rings (SSSR count). The van der Waals surface area contributed by atoms with Crippen LogP contribution in [-0.4, -0.2) is 57.0 Å². The number of hydrogen-bond donors (Lipinski definition) is 2. The first-order valence-electron chi connectivity index (χ1n) is 4.82. The van der Waals surface area contributed by atoms with Gasteiger partial charge in [0, 0.05) is 19.6 Å². The molecule has 6 heteroatoms. The molecule has 0 spiro atoms. The summed E-state index contributed by atoms with van der Waals surface area (Å²) in [6.45, 7) is 2.70. The van der Waals surface area contributed by atoms with Gasteiger partial charge in [0.05, 0.1) is 12.4 Å². The maximum atomic E-state index is 10.8. The Labute approximate surface area is 85.2 Å². The van der Waals surface area contributed by atoms with Gasteiger partial charge in [0.2, 0.25) is 10.0 Å². The highest BCUT2D eigenvalue weighted by Crippen LogP contribution is 2.08. The fraction of sp³-hybridized carbons (Fsp3) is 1.00. The minimum atomic E-state index is -3.08. The molecule has 14 heavy (non-hydrogen) atoms. The molecule has 0 aliphatic carbocycles. The van der Waals surface area contributed by atoms with Crippen molar-refractivity contribution < 1.29 is 13.5 Å². The van der Waals surface area contributed by atoms with Crippen LogP contribution in [0.1, 0.15) is 12.8 Å². The molecule has 1 fully saturated rings. The lowest BCUT2D eigenvalue weighted by molar-refractivity contribution is 0.0720. The lowest BCUT2D eigenvalue weighted by Gasteiger charge is -2.29. The van der Waals surface area contributed by atoms with E-state index in [9.17, 15) is 13.5 Å². The van der Waals surface area contributed by atoms with Gasteiger partial charge in [-0.2, -0.15) is 0 Å². The van der Waals surface area contributed by atoms with Gasteiger partial charge >= 0.3 is 0 Å². The van der Waals surface area contributed by atoms with E-state index >= 15 is 0 Å². The Hall–Kier alpha value is -0.170. The molecule has 5 nitrogen and oxygen atoms in total. The first-order valence-corrected chi connectivity index (χ1v) is 6.71. The van der Waals surface area contributed by atoms with E-state index in [1.807, 2.05) is 0 Å².